The summed E-state index contributed by atoms with van der Waals surface area (Å²) >= 11 is 6.17. The Morgan fingerprint density at radius 1 is 1.03 bits per heavy atom. The van der Waals surface area contributed by atoms with Crippen molar-refractivity contribution in [2.24, 2.45) is 5.92 Å². The molecule has 2 heterocycles. The highest BCUT2D eigenvalue weighted by molar-refractivity contribution is 6.29. The molecular formula is C25H21ClN2O6. The third kappa shape index (κ3) is 3.02. The summed E-state index contributed by atoms with van der Waals surface area (Å²) in [6.07, 6.45) is 0. The Hall–Kier alpha value is -3.78. The van der Waals surface area contributed by atoms with Crippen LogP contribution in [-0.2, 0) is 0 Å². The number of methoxy groups -OCH3 is 3. The van der Waals surface area contributed by atoms with E-state index in [0.717, 1.165) is 0 Å². The van der Waals surface area contributed by atoms with Gasteiger partial charge in [0.15, 0.2) is 17.3 Å². The average Bonchev–Trinajstić information content (AvgIpc) is 3.47. The summed E-state index contributed by atoms with van der Waals surface area (Å²) in [5.74, 6) is -0.185. The summed E-state index contributed by atoms with van der Waals surface area (Å²) in [5, 5.41) is 0.663. The van der Waals surface area contributed by atoms with Crippen molar-refractivity contribution < 1.29 is 28.6 Å². The number of alkyl halides is 1. The van der Waals surface area contributed by atoms with Crippen LogP contribution in [0.25, 0.3) is 10.9 Å². The third-order valence-corrected chi connectivity index (χ3v) is 6.67. The number of hydrogen-bond donors (Lipinski definition) is 1. The van der Waals surface area contributed by atoms with Gasteiger partial charge in [0.1, 0.15) is 5.69 Å². The number of aromatic nitrogens is 1. The molecule has 0 radical (unpaired) electrons. The fourth-order valence-corrected chi connectivity index (χ4v) is 5.00. The van der Waals surface area contributed by atoms with E-state index in [-0.39, 0.29) is 40.9 Å². The van der Waals surface area contributed by atoms with Crippen LogP contribution in [0, 0.1) is 5.92 Å². The van der Waals surface area contributed by atoms with Gasteiger partial charge in [-0.1, -0.05) is 24.3 Å². The molecule has 1 aliphatic carbocycles. The van der Waals surface area contributed by atoms with Crippen molar-refractivity contribution in [2.45, 2.75) is 0 Å². The van der Waals surface area contributed by atoms with E-state index in [1.54, 1.807) is 36.4 Å². The highest BCUT2D eigenvalue weighted by atomic mass is 35.5. The van der Waals surface area contributed by atoms with Crippen LogP contribution in [0.1, 0.15) is 31.2 Å². The number of aromatic amines is 1. The number of hydrogen-bond acceptors (Lipinski definition) is 6. The van der Waals surface area contributed by atoms with Crippen molar-refractivity contribution in [3.63, 3.8) is 0 Å². The predicted octanol–water partition coefficient (Wildman–Crippen LogP) is 3.84. The Balaban J connectivity index is 1.62. The van der Waals surface area contributed by atoms with E-state index in [2.05, 4.69) is 4.98 Å². The highest BCUT2D eigenvalue weighted by Gasteiger charge is 2.45. The molecule has 0 spiro atoms. The summed E-state index contributed by atoms with van der Waals surface area (Å²) in [4.78, 5) is 44.7. The van der Waals surface area contributed by atoms with Crippen molar-refractivity contribution in [1.82, 2.24) is 9.88 Å². The Labute approximate surface area is 200 Å². The lowest BCUT2D eigenvalue weighted by Gasteiger charge is -2.22. The fraction of sp³-hybridized carbons (Fsp3) is 0.240. The Bertz CT molecular complexity index is 1410. The summed E-state index contributed by atoms with van der Waals surface area (Å²) in [5.41, 5.74) is 1.79. The highest BCUT2D eigenvalue weighted by Crippen LogP contribution is 2.44. The molecule has 174 valence electrons. The number of nitrogens with one attached hydrogen (secondary N) is 1. The van der Waals surface area contributed by atoms with Gasteiger partial charge in [0.2, 0.25) is 11.5 Å². The molecule has 0 saturated carbocycles. The monoisotopic (exact) mass is 480 g/mol. The Morgan fingerprint density at radius 3 is 2.32 bits per heavy atom. The normalized spacial score (nSPS) is 17.2. The van der Waals surface area contributed by atoms with Crippen molar-refractivity contribution in [3.8, 4) is 17.2 Å². The molecule has 2 aliphatic rings. The quantitative estimate of drug-likeness (QED) is 0.557. The van der Waals surface area contributed by atoms with Gasteiger partial charge in [0, 0.05) is 40.4 Å². The number of amides is 1. The number of rotatable bonds is 5. The van der Waals surface area contributed by atoms with Gasteiger partial charge in [-0.15, -0.1) is 11.6 Å². The van der Waals surface area contributed by atoms with E-state index in [4.69, 9.17) is 25.8 Å². The minimum absolute atomic E-state index is 0.0973. The number of fused-ring (bicyclic) bond motifs is 2. The topological polar surface area (TPSA) is 97.9 Å². The van der Waals surface area contributed by atoms with Gasteiger partial charge in [0.25, 0.3) is 5.91 Å². The Morgan fingerprint density at radius 2 is 1.71 bits per heavy atom. The molecular weight excluding hydrogens is 460 g/mol. The molecule has 1 N–H and O–H groups in total. The van der Waals surface area contributed by atoms with Crippen LogP contribution < -0.4 is 14.2 Å². The van der Waals surface area contributed by atoms with Gasteiger partial charge >= 0.3 is 0 Å². The van der Waals surface area contributed by atoms with E-state index in [1.807, 2.05) is 0 Å². The summed E-state index contributed by atoms with van der Waals surface area (Å²) < 4.78 is 16.3. The first kappa shape index (κ1) is 22.0. The van der Waals surface area contributed by atoms with E-state index in [9.17, 15) is 14.4 Å². The lowest BCUT2D eigenvalue weighted by molar-refractivity contribution is 0.0774. The second kappa shape index (κ2) is 8.22. The largest absolute Gasteiger partial charge is 0.493 e. The molecule has 1 aromatic heterocycles. The summed E-state index contributed by atoms with van der Waals surface area (Å²) in [6, 6.07) is 10.0. The summed E-state index contributed by atoms with van der Waals surface area (Å²) in [7, 11) is 4.50. The number of carbonyl (C=O) groups excluding carboxylic acids is 3. The standard InChI is InChI=1S/C25H21ClN2O6/c1-32-17-9-12-8-16(27-19(12)24(34-3)23(17)33-2)25(31)28-11-13(10-26)18-20(28)22(30)15-7-5-4-6-14(15)21(18)29/h4-9,13,27H,10-11H2,1-3H3. The number of nitrogens with zero attached hydrogens (tertiary/aromatic N) is 1. The number of carbonyl (C=O) groups is 3. The van der Waals surface area contributed by atoms with E-state index in [1.165, 1.54) is 26.2 Å². The maximum absolute atomic E-state index is 13.7. The smallest absolute Gasteiger partial charge is 0.274 e. The minimum atomic E-state index is -0.447. The van der Waals surface area contributed by atoms with Gasteiger partial charge in [-0.25, -0.2) is 0 Å². The third-order valence-electron chi connectivity index (χ3n) is 6.29. The van der Waals surface area contributed by atoms with Gasteiger partial charge in [-0.3, -0.25) is 14.4 Å². The lowest BCUT2D eigenvalue weighted by atomic mass is 9.84. The lowest BCUT2D eigenvalue weighted by Crippen LogP contribution is -2.34. The Kier molecular flexibility index (Phi) is 5.32. The number of allylic oxidation sites excluding steroid dienone is 1. The number of ether oxygens (including phenoxy) is 3. The van der Waals surface area contributed by atoms with Crippen molar-refractivity contribution in [1.29, 1.82) is 0 Å². The molecule has 2 aromatic carbocycles. The molecule has 5 rings (SSSR count). The van der Waals surface area contributed by atoms with Crippen LogP contribution in [0.15, 0.2) is 47.7 Å². The predicted molar refractivity (Wildman–Crippen MR) is 125 cm³/mol. The molecule has 1 atom stereocenters. The van der Waals surface area contributed by atoms with Crippen LogP contribution >= 0.6 is 11.6 Å². The number of ketones is 2. The fourth-order valence-electron chi connectivity index (χ4n) is 4.75. The zero-order valence-corrected chi connectivity index (χ0v) is 19.5. The number of halogens is 1. The van der Waals surface area contributed by atoms with Crippen LogP contribution in [0.2, 0.25) is 0 Å². The number of H-pyrrole nitrogens is 1. The first-order valence-electron chi connectivity index (χ1n) is 10.6. The zero-order chi connectivity index (χ0) is 24.1. The first-order chi connectivity index (χ1) is 16.4. The molecule has 0 fully saturated rings. The minimum Gasteiger partial charge on any atom is -0.493 e. The maximum Gasteiger partial charge on any atom is 0.274 e. The van der Waals surface area contributed by atoms with Crippen LogP contribution in [0.5, 0.6) is 17.2 Å². The first-order valence-corrected chi connectivity index (χ1v) is 11.1. The molecule has 8 nitrogen and oxygen atoms in total. The number of benzene rings is 2. The van der Waals surface area contributed by atoms with E-state index in [0.29, 0.717) is 39.3 Å². The molecule has 0 bridgehead atoms. The second-order valence-corrected chi connectivity index (χ2v) is 8.33. The van der Waals surface area contributed by atoms with Crippen LogP contribution in [0.4, 0.5) is 0 Å². The van der Waals surface area contributed by atoms with Crippen molar-refractivity contribution in [3.05, 3.63) is 64.5 Å². The SMILES string of the molecule is COc1cc2cc(C(=O)N3CC(CCl)C4=C3C(=O)c3ccccc3C4=O)[nH]c2c(OC)c1OC. The average molecular weight is 481 g/mol. The van der Waals surface area contributed by atoms with Crippen molar-refractivity contribution in [2.75, 3.05) is 33.8 Å². The molecule has 0 saturated heterocycles. The van der Waals surface area contributed by atoms with Crippen LogP contribution in [0.3, 0.4) is 0 Å². The van der Waals surface area contributed by atoms with Crippen LogP contribution in [-0.4, -0.2) is 61.1 Å². The van der Waals surface area contributed by atoms with Gasteiger partial charge in [-0.05, 0) is 12.1 Å². The zero-order valence-electron chi connectivity index (χ0n) is 18.7. The molecule has 1 aliphatic heterocycles. The molecule has 3 aromatic rings. The summed E-state index contributed by atoms with van der Waals surface area (Å²) in [6.45, 7) is 0.137. The van der Waals surface area contributed by atoms with Gasteiger partial charge < -0.3 is 24.1 Å². The van der Waals surface area contributed by atoms with Gasteiger partial charge in [-0.2, -0.15) is 0 Å². The molecule has 9 heteroatoms. The molecule has 1 amide bonds. The molecule has 34 heavy (non-hydrogen) atoms. The molecule has 1 unspecified atom stereocenters. The van der Waals surface area contributed by atoms with E-state index < -0.39 is 11.8 Å². The number of Topliss-reactive ketones (excluding diaryl/α,β-unsaturated/α-hetero) is 2. The second-order valence-electron chi connectivity index (χ2n) is 8.03. The van der Waals surface area contributed by atoms with Gasteiger partial charge in [0.05, 0.1) is 32.5 Å². The van der Waals surface area contributed by atoms with Crippen molar-refractivity contribution >= 4 is 40.0 Å². The maximum atomic E-state index is 13.7. The van der Waals surface area contributed by atoms with E-state index >= 15 is 0 Å².